The van der Waals surface area contributed by atoms with E-state index in [1.807, 2.05) is 18.2 Å². The van der Waals surface area contributed by atoms with Crippen LogP contribution in [0.1, 0.15) is 37.0 Å². The highest BCUT2D eigenvalue weighted by atomic mass is 19.1. The number of amides is 1. The Morgan fingerprint density at radius 1 is 1.12 bits per heavy atom. The Balaban J connectivity index is 2.03. The number of anilines is 1. The topological polar surface area (TPSA) is 38.3 Å². The van der Waals surface area contributed by atoms with Gasteiger partial charge in [-0.05, 0) is 48.1 Å². The van der Waals surface area contributed by atoms with Crippen molar-refractivity contribution in [1.82, 2.24) is 0 Å². The number of hydrogen-bond acceptors (Lipinski definition) is 2. The average Bonchev–Trinajstić information content (AvgIpc) is 2.60. The van der Waals surface area contributed by atoms with E-state index >= 15 is 0 Å². The fourth-order valence-corrected chi connectivity index (χ4v) is 2.73. The van der Waals surface area contributed by atoms with Gasteiger partial charge in [-0.3, -0.25) is 4.79 Å². The number of carbonyl (C=O) groups is 1. The van der Waals surface area contributed by atoms with Crippen molar-refractivity contribution in [2.75, 3.05) is 12.4 Å². The van der Waals surface area contributed by atoms with Crippen LogP contribution in [-0.4, -0.2) is 13.0 Å². The largest absolute Gasteiger partial charge is 0.494 e. The summed E-state index contributed by atoms with van der Waals surface area (Å²) in [7, 11) is 1.43. The molecule has 1 amide bonds. The summed E-state index contributed by atoms with van der Waals surface area (Å²) in [6, 6.07) is 10.9. The van der Waals surface area contributed by atoms with Gasteiger partial charge in [-0.15, -0.1) is 0 Å². The Morgan fingerprint density at radius 3 is 2.33 bits per heavy atom. The highest BCUT2D eigenvalue weighted by molar-refractivity contribution is 5.92. The molecule has 4 heteroatoms. The van der Waals surface area contributed by atoms with Crippen molar-refractivity contribution in [3.63, 3.8) is 0 Å². The summed E-state index contributed by atoms with van der Waals surface area (Å²) in [6.45, 7) is 4.15. The molecule has 1 N–H and O–H groups in total. The van der Waals surface area contributed by atoms with Crippen molar-refractivity contribution >= 4 is 11.6 Å². The number of methoxy groups -OCH3 is 1. The maximum absolute atomic E-state index is 13.7. The summed E-state index contributed by atoms with van der Waals surface area (Å²) in [5.74, 6) is -0.241. The second-order valence-electron chi connectivity index (χ2n) is 5.68. The predicted molar refractivity (Wildman–Crippen MR) is 95.1 cm³/mol. The first-order valence-corrected chi connectivity index (χ1v) is 8.32. The maximum atomic E-state index is 13.7. The van der Waals surface area contributed by atoms with Crippen LogP contribution in [0.25, 0.3) is 0 Å². The third-order valence-electron chi connectivity index (χ3n) is 4.12. The van der Waals surface area contributed by atoms with Gasteiger partial charge in [0.15, 0.2) is 11.6 Å². The second kappa shape index (κ2) is 8.48. The third kappa shape index (κ3) is 4.34. The van der Waals surface area contributed by atoms with Gasteiger partial charge in [0.2, 0.25) is 5.91 Å². The summed E-state index contributed by atoms with van der Waals surface area (Å²) in [5.41, 5.74) is 3.98. The summed E-state index contributed by atoms with van der Waals surface area (Å²) in [6.07, 6.45) is 2.54. The molecule has 0 unspecified atom stereocenters. The number of para-hydroxylation sites is 1. The fourth-order valence-electron chi connectivity index (χ4n) is 2.73. The molecule has 0 atom stereocenters. The lowest BCUT2D eigenvalue weighted by atomic mass is 10.0. The maximum Gasteiger partial charge on any atom is 0.224 e. The summed E-state index contributed by atoms with van der Waals surface area (Å²) in [4.78, 5) is 12.3. The number of halogens is 1. The fraction of sp³-hybridized carbons (Fsp3) is 0.350. The van der Waals surface area contributed by atoms with Gasteiger partial charge < -0.3 is 10.1 Å². The number of aryl methyl sites for hydroxylation is 3. The molecule has 0 bridgehead atoms. The van der Waals surface area contributed by atoms with Gasteiger partial charge in [-0.25, -0.2) is 4.39 Å². The van der Waals surface area contributed by atoms with E-state index in [2.05, 4.69) is 19.2 Å². The Kier molecular flexibility index (Phi) is 6.36. The predicted octanol–water partition coefficient (Wildman–Crippen LogP) is 4.53. The van der Waals surface area contributed by atoms with Crippen molar-refractivity contribution in [2.45, 2.75) is 39.5 Å². The molecular weight excluding hydrogens is 305 g/mol. The van der Waals surface area contributed by atoms with Gasteiger partial charge in [0.05, 0.1) is 7.11 Å². The molecule has 0 aliphatic carbocycles. The Morgan fingerprint density at radius 2 is 1.79 bits per heavy atom. The van der Waals surface area contributed by atoms with Gasteiger partial charge in [-0.2, -0.15) is 0 Å². The van der Waals surface area contributed by atoms with Crippen molar-refractivity contribution in [3.8, 4) is 5.75 Å². The lowest BCUT2D eigenvalue weighted by molar-refractivity contribution is -0.116. The van der Waals surface area contributed by atoms with E-state index in [0.717, 1.165) is 35.2 Å². The van der Waals surface area contributed by atoms with Crippen LogP contribution in [0, 0.1) is 5.82 Å². The van der Waals surface area contributed by atoms with Crippen LogP contribution in [0.2, 0.25) is 0 Å². The van der Waals surface area contributed by atoms with Gasteiger partial charge in [0, 0.05) is 12.1 Å². The number of rotatable bonds is 7. The highest BCUT2D eigenvalue weighted by Crippen LogP contribution is 2.23. The second-order valence-corrected chi connectivity index (χ2v) is 5.68. The minimum atomic E-state index is -0.403. The van der Waals surface area contributed by atoms with Crippen LogP contribution in [0.4, 0.5) is 10.1 Å². The standard InChI is InChI=1S/C20H24FNO2/c1-4-15-7-6-8-16(5-2)20(15)22-19(23)12-10-14-9-11-18(24-3)17(21)13-14/h6-9,11,13H,4-5,10,12H2,1-3H3,(H,22,23). The summed E-state index contributed by atoms with van der Waals surface area (Å²) < 4.78 is 18.6. The molecule has 0 fully saturated rings. The Bertz CT molecular complexity index is 691. The zero-order valence-corrected chi connectivity index (χ0v) is 14.5. The lowest BCUT2D eigenvalue weighted by Gasteiger charge is -2.14. The normalized spacial score (nSPS) is 10.5. The number of benzene rings is 2. The van der Waals surface area contributed by atoms with E-state index in [9.17, 15) is 9.18 Å². The minimum Gasteiger partial charge on any atom is -0.494 e. The minimum absolute atomic E-state index is 0.0539. The van der Waals surface area contributed by atoms with E-state index < -0.39 is 5.82 Å². The Labute approximate surface area is 142 Å². The van der Waals surface area contributed by atoms with Crippen molar-refractivity contribution < 1.29 is 13.9 Å². The van der Waals surface area contributed by atoms with Crippen LogP contribution in [0.15, 0.2) is 36.4 Å². The SMILES string of the molecule is CCc1cccc(CC)c1NC(=O)CCc1ccc(OC)c(F)c1. The molecule has 0 spiro atoms. The molecule has 2 aromatic rings. The molecule has 0 radical (unpaired) electrons. The smallest absolute Gasteiger partial charge is 0.224 e. The average molecular weight is 329 g/mol. The number of hydrogen-bond donors (Lipinski definition) is 1. The van der Waals surface area contributed by atoms with E-state index in [-0.39, 0.29) is 11.7 Å². The molecule has 0 aliphatic heterocycles. The first-order valence-electron chi connectivity index (χ1n) is 8.32. The van der Waals surface area contributed by atoms with E-state index in [0.29, 0.717) is 12.8 Å². The molecule has 2 rings (SSSR count). The van der Waals surface area contributed by atoms with Crippen LogP contribution in [-0.2, 0) is 24.1 Å². The van der Waals surface area contributed by atoms with Crippen LogP contribution in [0.3, 0.4) is 0 Å². The number of ether oxygens (including phenoxy) is 1. The van der Waals surface area contributed by atoms with Crippen molar-refractivity contribution in [2.24, 2.45) is 0 Å². The molecule has 2 aromatic carbocycles. The van der Waals surface area contributed by atoms with E-state index in [4.69, 9.17) is 4.74 Å². The molecule has 0 aromatic heterocycles. The van der Waals surface area contributed by atoms with Gasteiger partial charge in [0.1, 0.15) is 0 Å². The van der Waals surface area contributed by atoms with Crippen LogP contribution in [0.5, 0.6) is 5.75 Å². The zero-order chi connectivity index (χ0) is 17.5. The summed E-state index contributed by atoms with van der Waals surface area (Å²) >= 11 is 0. The number of carbonyl (C=O) groups excluding carboxylic acids is 1. The summed E-state index contributed by atoms with van der Waals surface area (Å²) in [5, 5.41) is 3.03. The highest BCUT2D eigenvalue weighted by Gasteiger charge is 2.11. The molecule has 3 nitrogen and oxygen atoms in total. The molecule has 0 aliphatic rings. The monoisotopic (exact) mass is 329 g/mol. The molecule has 0 heterocycles. The van der Waals surface area contributed by atoms with Crippen LogP contribution >= 0.6 is 0 Å². The van der Waals surface area contributed by atoms with Crippen LogP contribution < -0.4 is 10.1 Å². The molecule has 0 saturated heterocycles. The van der Waals surface area contributed by atoms with Crippen molar-refractivity contribution in [1.29, 1.82) is 0 Å². The molecule has 24 heavy (non-hydrogen) atoms. The molecular formula is C20H24FNO2. The van der Waals surface area contributed by atoms with Gasteiger partial charge in [0.25, 0.3) is 0 Å². The quantitative estimate of drug-likeness (QED) is 0.810. The first kappa shape index (κ1) is 18.0. The van der Waals surface area contributed by atoms with E-state index in [1.54, 1.807) is 12.1 Å². The molecule has 128 valence electrons. The third-order valence-corrected chi connectivity index (χ3v) is 4.12. The lowest BCUT2D eigenvalue weighted by Crippen LogP contribution is -2.15. The number of nitrogens with one attached hydrogen (secondary N) is 1. The van der Waals surface area contributed by atoms with Gasteiger partial charge >= 0.3 is 0 Å². The molecule has 0 saturated carbocycles. The van der Waals surface area contributed by atoms with Gasteiger partial charge in [-0.1, -0.05) is 38.1 Å². The van der Waals surface area contributed by atoms with Crippen molar-refractivity contribution in [3.05, 3.63) is 58.9 Å². The van der Waals surface area contributed by atoms with E-state index in [1.165, 1.54) is 13.2 Å². The first-order chi connectivity index (χ1) is 11.6. The Hall–Kier alpha value is -2.36. The zero-order valence-electron chi connectivity index (χ0n) is 14.5.